The fraction of sp³-hybridized carbons (Fsp3) is 0.448. The van der Waals surface area contributed by atoms with Gasteiger partial charge in [0.1, 0.15) is 5.75 Å². The number of rotatable bonds is 11. The maximum atomic E-state index is 11.6. The summed E-state index contributed by atoms with van der Waals surface area (Å²) in [7, 11) is 1.69. The van der Waals surface area contributed by atoms with Gasteiger partial charge in [0, 0.05) is 41.7 Å². The smallest absolute Gasteiger partial charge is 0.303 e. The molecule has 3 aromatic rings. The molecule has 186 valence electrons. The number of likely N-dealkylation sites (tertiary alicyclic amines) is 1. The van der Waals surface area contributed by atoms with Crippen molar-refractivity contribution in [2.45, 2.75) is 43.9 Å². The van der Waals surface area contributed by atoms with E-state index >= 15 is 0 Å². The molecule has 0 amide bonds. The van der Waals surface area contributed by atoms with Crippen LogP contribution < -0.4 is 4.74 Å². The number of thioether (sulfide) groups is 1. The highest BCUT2D eigenvalue weighted by Gasteiger charge is 2.30. The van der Waals surface area contributed by atoms with Crippen LogP contribution in [0.15, 0.2) is 59.6 Å². The number of aliphatic carboxylic acids is 1. The van der Waals surface area contributed by atoms with Crippen molar-refractivity contribution in [3.8, 4) is 5.75 Å². The maximum Gasteiger partial charge on any atom is 0.303 e. The molecular weight excluding hydrogens is 456 g/mol. The van der Waals surface area contributed by atoms with Crippen molar-refractivity contribution >= 4 is 28.6 Å². The summed E-state index contributed by atoms with van der Waals surface area (Å²) >= 11 is 1.88. The lowest BCUT2D eigenvalue weighted by Crippen LogP contribution is -2.42. The molecule has 0 radical (unpaired) electrons. The minimum absolute atomic E-state index is 0.222. The second kappa shape index (κ2) is 12.4. The molecule has 1 fully saturated rings. The molecule has 5 nitrogen and oxygen atoms in total. The predicted octanol–water partition coefficient (Wildman–Crippen LogP) is 6.08. The molecular formula is C29H36N2O3S. The number of carbonyl (C=O) groups is 1. The number of piperidine rings is 1. The van der Waals surface area contributed by atoms with Crippen LogP contribution in [0.25, 0.3) is 10.9 Å². The van der Waals surface area contributed by atoms with Crippen LogP contribution in [0.4, 0.5) is 0 Å². The Balaban J connectivity index is 1.30. The minimum Gasteiger partial charge on any atom is -0.497 e. The largest absolute Gasteiger partial charge is 0.497 e. The lowest BCUT2D eigenvalue weighted by atomic mass is 9.80. The van der Waals surface area contributed by atoms with Gasteiger partial charge in [0.05, 0.1) is 12.6 Å². The summed E-state index contributed by atoms with van der Waals surface area (Å²) in [5, 5.41) is 10.7. The number of carboxylic acid groups (broad SMARTS) is 1. The highest BCUT2D eigenvalue weighted by atomic mass is 32.2. The number of carboxylic acids is 1. The highest BCUT2D eigenvalue weighted by molar-refractivity contribution is 7.99. The Labute approximate surface area is 212 Å². The average Bonchev–Trinajstić information content (AvgIpc) is 2.86. The number of ether oxygens (including phenoxy) is 1. The third kappa shape index (κ3) is 7.21. The molecule has 0 unspecified atom stereocenters. The zero-order chi connectivity index (χ0) is 24.6. The molecule has 2 heterocycles. The first-order valence-electron chi connectivity index (χ1n) is 12.6. The summed E-state index contributed by atoms with van der Waals surface area (Å²) < 4.78 is 5.41. The zero-order valence-corrected chi connectivity index (χ0v) is 21.6. The van der Waals surface area contributed by atoms with Crippen molar-refractivity contribution in [2.24, 2.45) is 11.8 Å². The molecule has 4 rings (SSSR count). The average molecular weight is 493 g/mol. The van der Waals surface area contributed by atoms with Crippen molar-refractivity contribution in [3.05, 3.63) is 65.9 Å². The second-order valence-electron chi connectivity index (χ2n) is 9.61. The number of nitrogens with zero attached hydrogens (tertiary/aromatic N) is 2. The normalized spacial score (nSPS) is 18.6. The van der Waals surface area contributed by atoms with Crippen molar-refractivity contribution in [2.75, 3.05) is 32.5 Å². The first kappa shape index (κ1) is 25.5. The van der Waals surface area contributed by atoms with Gasteiger partial charge in [-0.2, -0.15) is 0 Å². The Morgan fingerprint density at radius 3 is 2.77 bits per heavy atom. The molecule has 0 bridgehead atoms. The molecule has 0 aliphatic carbocycles. The van der Waals surface area contributed by atoms with E-state index in [1.807, 2.05) is 30.1 Å². The summed E-state index contributed by atoms with van der Waals surface area (Å²) in [6.45, 7) is 5.06. The SMILES string of the molecule is COc1ccc2nccc(CCC[C@@H]3CCN(CCSc4ccc(C)cc4)C[C@@H]3CC(=O)O)c2c1. The van der Waals surface area contributed by atoms with Gasteiger partial charge in [-0.1, -0.05) is 17.7 Å². The Hall–Kier alpha value is -2.57. The summed E-state index contributed by atoms with van der Waals surface area (Å²) in [6.07, 6.45) is 6.32. The minimum atomic E-state index is -0.678. The van der Waals surface area contributed by atoms with Crippen LogP contribution in [-0.2, 0) is 11.2 Å². The van der Waals surface area contributed by atoms with E-state index in [9.17, 15) is 9.90 Å². The van der Waals surface area contributed by atoms with E-state index in [-0.39, 0.29) is 12.3 Å². The molecule has 1 aliphatic heterocycles. The maximum absolute atomic E-state index is 11.6. The van der Waals surface area contributed by atoms with Gasteiger partial charge >= 0.3 is 5.97 Å². The summed E-state index contributed by atoms with van der Waals surface area (Å²) in [5.41, 5.74) is 3.56. The molecule has 1 N–H and O–H groups in total. The standard InChI is InChI=1S/C29H36N2O3S/c1-21-6-9-26(10-7-21)35-17-16-31-15-13-22(24(20-31)18-29(32)33)4-3-5-23-12-14-30-28-11-8-25(34-2)19-27(23)28/h6-12,14,19,22,24H,3-5,13,15-18,20H2,1-2H3,(H,32,33)/t22-,24+/m1/s1. The van der Waals surface area contributed by atoms with Gasteiger partial charge in [-0.05, 0) is 92.9 Å². The number of fused-ring (bicyclic) bond motifs is 1. The van der Waals surface area contributed by atoms with E-state index in [2.05, 4.69) is 53.2 Å². The predicted molar refractivity (Wildman–Crippen MR) is 143 cm³/mol. The van der Waals surface area contributed by atoms with E-state index in [4.69, 9.17) is 4.74 Å². The van der Waals surface area contributed by atoms with Crippen molar-refractivity contribution in [1.29, 1.82) is 0 Å². The summed E-state index contributed by atoms with van der Waals surface area (Å²) in [6, 6.07) is 16.8. The van der Waals surface area contributed by atoms with Crippen molar-refractivity contribution in [1.82, 2.24) is 9.88 Å². The first-order valence-corrected chi connectivity index (χ1v) is 13.6. The topological polar surface area (TPSA) is 62.7 Å². The highest BCUT2D eigenvalue weighted by Crippen LogP contribution is 2.32. The first-order chi connectivity index (χ1) is 17.0. The zero-order valence-electron chi connectivity index (χ0n) is 20.8. The third-order valence-electron chi connectivity index (χ3n) is 7.17. The lowest BCUT2D eigenvalue weighted by molar-refractivity contribution is -0.139. The Kier molecular flexibility index (Phi) is 9.05. The van der Waals surface area contributed by atoms with Gasteiger partial charge in [0.15, 0.2) is 0 Å². The fourth-order valence-corrected chi connectivity index (χ4v) is 6.12. The third-order valence-corrected chi connectivity index (χ3v) is 8.16. The lowest BCUT2D eigenvalue weighted by Gasteiger charge is -2.38. The van der Waals surface area contributed by atoms with Crippen LogP contribution in [0.3, 0.4) is 0 Å². The van der Waals surface area contributed by atoms with Crippen molar-refractivity contribution < 1.29 is 14.6 Å². The molecule has 35 heavy (non-hydrogen) atoms. The molecule has 6 heteroatoms. The number of hydrogen-bond acceptors (Lipinski definition) is 5. The van der Waals surface area contributed by atoms with E-state index < -0.39 is 5.97 Å². The number of benzene rings is 2. The van der Waals surface area contributed by atoms with Gasteiger partial charge in [0.2, 0.25) is 0 Å². The molecule has 1 saturated heterocycles. The van der Waals surface area contributed by atoms with E-state index in [1.165, 1.54) is 16.0 Å². The van der Waals surface area contributed by atoms with Gasteiger partial charge in [-0.25, -0.2) is 0 Å². The molecule has 1 aromatic heterocycles. The van der Waals surface area contributed by atoms with Crippen LogP contribution in [0.1, 0.15) is 36.8 Å². The van der Waals surface area contributed by atoms with Gasteiger partial charge in [0.25, 0.3) is 0 Å². The number of hydrogen-bond donors (Lipinski definition) is 1. The van der Waals surface area contributed by atoms with E-state index in [1.54, 1.807) is 7.11 Å². The molecule has 2 atom stereocenters. The number of pyridine rings is 1. The number of aromatic nitrogens is 1. The Morgan fingerprint density at radius 1 is 1.17 bits per heavy atom. The van der Waals surface area contributed by atoms with Crippen LogP contribution in [0.2, 0.25) is 0 Å². The molecule has 0 saturated carbocycles. The monoisotopic (exact) mass is 492 g/mol. The van der Waals surface area contributed by atoms with E-state index in [0.717, 1.165) is 67.7 Å². The fourth-order valence-electron chi connectivity index (χ4n) is 5.20. The van der Waals surface area contributed by atoms with E-state index in [0.29, 0.717) is 5.92 Å². The van der Waals surface area contributed by atoms with Gasteiger partial charge < -0.3 is 14.7 Å². The van der Waals surface area contributed by atoms with Crippen LogP contribution in [0, 0.1) is 18.8 Å². The van der Waals surface area contributed by atoms with Crippen molar-refractivity contribution in [3.63, 3.8) is 0 Å². The van der Waals surface area contributed by atoms with Crippen LogP contribution >= 0.6 is 11.8 Å². The van der Waals surface area contributed by atoms with Gasteiger partial charge in [-0.15, -0.1) is 11.8 Å². The number of aryl methyl sites for hydroxylation is 2. The van der Waals surface area contributed by atoms with Crippen LogP contribution in [0.5, 0.6) is 5.75 Å². The molecule has 1 aliphatic rings. The molecule has 0 spiro atoms. The summed E-state index contributed by atoms with van der Waals surface area (Å²) in [4.78, 5) is 19.9. The summed E-state index contributed by atoms with van der Waals surface area (Å²) in [5.74, 6) is 1.89. The van der Waals surface area contributed by atoms with Crippen LogP contribution in [-0.4, -0.2) is 53.5 Å². The Morgan fingerprint density at radius 2 is 2.00 bits per heavy atom. The quantitative estimate of drug-likeness (QED) is 0.327. The Bertz CT molecular complexity index is 1120. The second-order valence-corrected chi connectivity index (χ2v) is 10.8. The molecule has 2 aromatic carbocycles. The van der Waals surface area contributed by atoms with Gasteiger partial charge in [-0.3, -0.25) is 9.78 Å². The number of methoxy groups -OCH3 is 1.